The Morgan fingerprint density at radius 1 is 0.969 bits per heavy atom. The second kappa shape index (κ2) is 12.7. The van der Waals surface area contributed by atoms with Crippen LogP contribution in [0.5, 0.6) is 5.75 Å². The molecule has 3 atom stereocenters. The maximum atomic E-state index is 12.8. The van der Waals surface area contributed by atoms with Gasteiger partial charge in [0.15, 0.2) is 5.96 Å². The average molecular weight is 451 g/mol. The Hall–Kier alpha value is -3.87. The summed E-state index contributed by atoms with van der Waals surface area (Å²) < 4.78 is 0. The lowest BCUT2D eigenvalue weighted by Crippen LogP contribution is -2.55. The van der Waals surface area contributed by atoms with E-state index in [-0.39, 0.29) is 37.5 Å². The summed E-state index contributed by atoms with van der Waals surface area (Å²) in [5, 5.41) is 23.6. The molecule has 0 fully saturated rings. The van der Waals surface area contributed by atoms with Crippen molar-refractivity contribution >= 4 is 29.7 Å². The van der Waals surface area contributed by atoms with Gasteiger partial charge in [0.05, 0.1) is 12.5 Å². The summed E-state index contributed by atoms with van der Waals surface area (Å²) in [7, 11) is 0. The lowest BCUT2D eigenvalue weighted by Gasteiger charge is -2.22. The molecule has 1 rings (SSSR count). The van der Waals surface area contributed by atoms with Crippen molar-refractivity contribution in [1.29, 1.82) is 0 Å². The van der Waals surface area contributed by atoms with Crippen molar-refractivity contribution in [3.8, 4) is 5.75 Å². The van der Waals surface area contributed by atoms with E-state index in [4.69, 9.17) is 22.9 Å². The molecule has 0 aliphatic heterocycles. The second-order valence-electron chi connectivity index (χ2n) is 7.06. The van der Waals surface area contributed by atoms with Crippen LogP contribution in [0.3, 0.4) is 0 Å². The minimum absolute atomic E-state index is 0.0144. The molecule has 32 heavy (non-hydrogen) atoms. The number of hydrogen-bond donors (Lipinski definition) is 8. The zero-order valence-corrected chi connectivity index (χ0v) is 17.4. The van der Waals surface area contributed by atoms with E-state index in [1.54, 1.807) is 0 Å². The van der Waals surface area contributed by atoms with E-state index < -0.39 is 48.2 Å². The van der Waals surface area contributed by atoms with Crippen LogP contribution in [-0.4, -0.2) is 64.5 Å². The summed E-state index contributed by atoms with van der Waals surface area (Å²) in [5.41, 5.74) is 21.7. The van der Waals surface area contributed by atoms with Gasteiger partial charge in [0, 0.05) is 13.0 Å². The molecule has 0 aliphatic rings. The van der Waals surface area contributed by atoms with E-state index in [2.05, 4.69) is 15.6 Å². The van der Waals surface area contributed by atoms with Crippen LogP contribution in [0.25, 0.3) is 0 Å². The summed E-state index contributed by atoms with van der Waals surface area (Å²) in [6.07, 6.45) is -0.121. The molecule has 0 spiro atoms. The quantitative estimate of drug-likeness (QED) is 0.0877. The molecule has 13 heteroatoms. The van der Waals surface area contributed by atoms with Crippen LogP contribution in [0.1, 0.15) is 24.8 Å². The van der Waals surface area contributed by atoms with Crippen molar-refractivity contribution in [2.24, 2.45) is 27.9 Å². The minimum atomic E-state index is -1.30. The predicted octanol–water partition coefficient (Wildman–Crippen LogP) is -2.75. The van der Waals surface area contributed by atoms with Crippen LogP contribution in [0.2, 0.25) is 0 Å². The molecule has 3 amide bonds. The average Bonchev–Trinajstić information content (AvgIpc) is 2.70. The van der Waals surface area contributed by atoms with Crippen LogP contribution in [-0.2, 0) is 25.6 Å². The number of phenols is 1. The molecule has 1 aromatic carbocycles. The number of carbonyl (C=O) groups excluding carboxylic acids is 3. The van der Waals surface area contributed by atoms with Crippen molar-refractivity contribution in [2.45, 2.75) is 43.8 Å². The van der Waals surface area contributed by atoms with Gasteiger partial charge in [0.2, 0.25) is 17.7 Å². The Morgan fingerprint density at radius 2 is 1.56 bits per heavy atom. The number of primary amides is 1. The molecule has 1 aromatic rings. The fraction of sp³-hybridized carbons (Fsp3) is 0.421. The van der Waals surface area contributed by atoms with Crippen molar-refractivity contribution in [3.63, 3.8) is 0 Å². The predicted molar refractivity (Wildman–Crippen MR) is 115 cm³/mol. The Kier molecular flexibility index (Phi) is 10.4. The normalized spacial score (nSPS) is 13.3. The van der Waals surface area contributed by atoms with Crippen LogP contribution in [0.15, 0.2) is 29.3 Å². The largest absolute Gasteiger partial charge is 0.508 e. The molecule has 0 saturated carbocycles. The first kappa shape index (κ1) is 26.2. The molecular weight excluding hydrogens is 422 g/mol. The lowest BCUT2D eigenvalue weighted by atomic mass is 10.0. The molecule has 0 aliphatic carbocycles. The van der Waals surface area contributed by atoms with Crippen molar-refractivity contribution in [1.82, 2.24) is 10.6 Å². The number of guanidine groups is 1. The number of carbonyl (C=O) groups is 4. The number of nitrogens with one attached hydrogen (secondary N) is 2. The Balaban J connectivity index is 2.90. The third-order valence-corrected chi connectivity index (χ3v) is 4.33. The maximum Gasteiger partial charge on any atom is 0.326 e. The third kappa shape index (κ3) is 9.75. The van der Waals surface area contributed by atoms with Crippen LogP contribution in [0.4, 0.5) is 0 Å². The van der Waals surface area contributed by atoms with Crippen molar-refractivity contribution in [3.05, 3.63) is 29.8 Å². The first-order valence-electron chi connectivity index (χ1n) is 9.70. The standard InChI is InChI=1S/C19H29N7O6/c20-12(9-15(21)28)16(29)25-13(2-1-7-24-19(22)23)17(30)26-14(18(31)32)8-10-3-5-11(27)6-4-10/h3-6,12-14,27H,1-2,7-9,20H2,(H2,21,28)(H,25,29)(H,26,30)(H,31,32)(H4,22,23,24). The molecular formula is C19H29N7O6. The van der Waals surface area contributed by atoms with E-state index in [9.17, 15) is 29.4 Å². The molecule has 0 bridgehead atoms. The van der Waals surface area contributed by atoms with Gasteiger partial charge in [-0.05, 0) is 30.5 Å². The number of aliphatic imine (C=N–C) groups is 1. The van der Waals surface area contributed by atoms with Gasteiger partial charge in [-0.25, -0.2) is 4.79 Å². The molecule has 12 N–H and O–H groups in total. The number of carboxylic acid groups (broad SMARTS) is 1. The number of hydrogen-bond acceptors (Lipinski definition) is 7. The van der Waals surface area contributed by atoms with Gasteiger partial charge >= 0.3 is 5.97 Å². The van der Waals surface area contributed by atoms with E-state index in [0.717, 1.165) is 0 Å². The molecule has 0 heterocycles. The summed E-state index contributed by atoms with van der Waals surface area (Å²) in [4.78, 5) is 51.4. The van der Waals surface area contributed by atoms with Crippen LogP contribution < -0.4 is 33.6 Å². The van der Waals surface area contributed by atoms with Gasteiger partial charge in [-0.2, -0.15) is 0 Å². The van der Waals surface area contributed by atoms with Crippen molar-refractivity contribution < 1.29 is 29.4 Å². The number of aliphatic carboxylic acids is 1. The Labute approximate surface area is 184 Å². The molecule has 0 radical (unpaired) electrons. The number of amides is 3. The first-order valence-corrected chi connectivity index (χ1v) is 9.70. The fourth-order valence-electron chi connectivity index (χ4n) is 2.70. The van der Waals surface area contributed by atoms with Gasteiger partial charge in [-0.1, -0.05) is 12.1 Å². The number of nitrogens with two attached hydrogens (primary N) is 4. The molecule has 3 unspecified atom stereocenters. The lowest BCUT2D eigenvalue weighted by molar-refractivity contribution is -0.142. The van der Waals surface area contributed by atoms with E-state index in [0.29, 0.717) is 5.56 Å². The SMILES string of the molecule is NC(=O)CC(N)C(=O)NC(CCCN=C(N)N)C(=O)NC(Cc1ccc(O)cc1)C(=O)O. The zero-order valence-electron chi connectivity index (χ0n) is 17.4. The zero-order chi connectivity index (χ0) is 24.3. The summed E-state index contributed by atoms with van der Waals surface area (Å²) in [6, 6.07) is 2.10. The van der Waals surface area contributed by atoms with E-state index in [1.165, 1.54) is 24.3 Å². The van der Waals surface area contributed by atoms with Gasteiger partial charge < -0.3 is 43.8 Å². The number of rotatable bonds is 13. The highest BCUT2D eigenvalue weighted by atomic mass is 16.4. The highest BCUT2D eigenvalue weighted by molar-refractivity contribution is 5.93. The Bertz CT molecular complexity index is 839. The fourth-order valence-corrected chi connectivity index (χ4v) is 2.70. The maximum absolute atomic E-state index is 12.8. The number of benzene rings is 1. The number of aromatic hydroxyl groups is 1. The van der Waals surface area contributed by atoms with E-state index >= 15 is 0 Å². The number of nitrogens with zero attached hydrogens (tertiary/aromatic N) is 1. The van der Waals surface area contributed by atoms with Gasteiger partial charge in [0.25, 0.3) is 0 Å². The van der Waals surface area contributed by atoms with Crippen LogP contribution in [0, 0.1) is 0 Å². The molecule has 176 valence electrons. The third-order valence-electron chi connectivity index (χ3n) is 4.33. The van der Waals surface area contributed by atoms with Gasteiger partial charge in [-0.3, -0.25) is 19.4 Å². The highest BCUT2D eigenvalue weighted by Crippen LogP contribution is 2.12. The summed E-state index contributed by atoms with van der Waals surface area (Å²) in [5.74, 6) is -3.76. The smallest absolute Gasteiger partial charge is 0.326 e. The topological polar surface area (TPSA) is 249 Å². The van der Waals surface area contributed by atoms with Crippen LogP contribution >= 0.6 is 0 Å². The number of phenolic OH excluding ortho intramolecular Hbond substituents is 1. The summed E-state index contributed by atoms with van der Waals surface area (Å²) in [6.45, 7) is 0.172. The monoisotopic (exact) mass is 451 g/mol. The highest BCUT2D eigenvalue weighted by Gasteiger charge is 2.28. The van der Waals surface area contributed by atoms with Gasteiger partial charge in [0.1, 0.15) is 17.8 Å². The van der Waals surface area contributed by atoms with Gasteiger partial charge in [-0.15, -0.1) is 0 Å². The van der Waals surface area contributed by atoms with Crippen molar-refractivity contribution in [2.75, 3.05) is 6.54 Å². The Morgan fingerprint density at radius 3 is 2.09 bits per heavy atom. The molecule has 13 nitrogen and oxygen atoms in total. The second-order valence-corrected chi connectivity index (χ2v) is 7.06. The van der Waals surface area contributed by atoms with E-state index in [1.807, 2.05) is 0 Å². The summed E-state index contributed by atoms with van der Waals surface area (Å²) >= 11 is 0. The number of carboxylic acids is 1. The first-order chi connectivity index (χ1) is 15.0. The molecule has 0 aromatic heterocycles. The minimum Gasteiger partial charge on any atom is -0.508 e. The molecule has 0 saturated heterocycles.